The van der Waals surface area contributed by atoms with Crippen LogP contribution in [0.1, 0.15) is 28.8 Å². The number of nitrogen functional groups attached to an aromatic ring is 1. The SMILES string of the molecule is Cc1cc(N)cc(C(=O)NCC2(O)CCOCC2)c1. The van der Waals surface area contributed by atoms with Crippen molar-refractivity contribution < 1.29 is 14.6 Å². The summed E-state index contributed by atoms with van der Waals surface area (Å²) in [6.07, 6.45) is 1.09. The molecule has 1 aliphatic heterocycles. The average Bonchev–Trinajstić information content (AvgIpc) is 2.36. The molecule has 0 spiro atoms. The molecule has 1 aromatic carbocycles. The molecule has 19 heavy (non-hydrogen) atoms. The van der Waals surface area contributed by atoms with Crippen LogP contribution in [0.5, 0.6) is 0 Å². The van der Waals surface area contributed by atoms with Crippen LogP contribution in [0.3, 0.4) is 0 Å². The normalized spacial score (nSPS) is 18.0. The average molecular weight is 264 g/mol. The first-order valence-corrected chi connectivity index (χ1v) is 6.44. The van der Waals surface area contributed by atoms with Gasteiger partial charge in [-0.2, -0.15) is 0 Å². The van der Waals surface area contributed by atoms with E-state index in [2.05, 4.69) is 5.32 Å². The number of hydrogen-bond donors (Lipinski definition) is 3. The first-order chi connectivity index (χ1) is 8.98. The lowest BCUT2D eigenvalue weighted by Gasteiger charge is -2.32. The lowest BCUT2D eigenvalue weighted by Crippen LogP contribution is -2.46. The minimum absolute atomic E-state index is 0.213. The van der Waals surface area contributed by atoms with E-state index in [1.807, 2.05) is 13.0 Å². The van der Waals surface area contributed by atoms with Gasteiger partial charge in [-0.05, 0) is 30.7 Å². The van der Waals surface area contributed by atoms with E-state index in [-0.39, 0.29) is 12.5 Å². The summed E-state index contributed by atoms with van der Waals surface area (Å²) in [5.41, 5.74) is 6.88. The molecule has 1 amide bonds. The van der Waals surface area contributed by atoms with Crippen LogP contribution in [0, 0.1) is 6.92 Å². The molecule has 1 fully saturated rings. The van der Waals surface area contributed by atoms with Crippen LogP contribution in [0.4, 0.5) is 5.69 Å². The van der Waals surface area contributed by atoms with Gasteiger partial charge in [0.15, 0.2) is 0 Å². The maximum atomic E-state index is 12.0. The summed E-state index contributed by atoms with van der Waals surface area (Å²) in [6.45, 7) is 3.19. The Morgan fingerprint density at radius 3 is 2.74 bits per heavy atom. The van der Waals surface area contributed by atoms with Gasteiger partial charge >= 0.3 is 0 Å². The Bertz CT molecular complexity index is 448. The lowest BCUT2D eigenvalue weighted by atomic mass is 9.94. The molecule has 0 radical (unpaired) electrons. The zero-order chi connectivity index (χ0) is 13.9. The van der Waals surface area contributed by atoms with Gasteiger partial charge in [0.1, 0.15) is 0 Å². The fourth-order valence-corrected chi connectivity index (χ4v) is 2.22. The predicted octanol–water partition coefficient (Wildman–Crippen LogP) is 0.849. The molecule has 5 nitrogen and oxygen atoms in total. The van der Waals surface area contributed by atoms with Gasteiger partial charge < -0.3 is 20.9 Å². The maximum absolute atomic E-state index is 12.0. The highest BCUT2D eigenvalue weighted by Crippen LogP contribution is 2.19. The third-order valence-corrected chi connectivity index (χ3v) is 3.36. The van der Waals surface area contributed by atoms with E-state index in [0.717, 1.165) is 5.56 Å². The summed E-state index contributed by atoms with van der Waals surface area (Å²) in [5, 5.41) is 13.0. The molecule has 0 bridgehead atoms. The van der Waals surface area contributed by atoms with Gasteiger partial charge in [-0.25, -0.2) is 0 Å². The highest BCUT2D eigenvalue weighted by molar-refractivity contribution is 5.95. The van der Waals surface area contributed by atoms with E-state index in [4.69, 9.17) is 10.5 Å². The lowest BCUT2D eigenvalue weighted by molar-refractivity contribution is -0.0605. The quantitative estimate of drug-likeness (QED) is 0.707. The molecular weight excluding hydrogens is 244 g/mol. The fourth-order valence-electron chi connectivity index (χ4n) is 2.22. The summed E-state index contributed by atoms with van der Waals surface area (Å²) in [6, 6.07) is 5.22. The standard InChI is InChI=1S/C14H20N2O3/c1-10-6-11(8-12(15)7-10)13(17)16-9-14(18)2-4-19-5-3-14/h6-8,18H,2-5,9,15H2,1H3,(H,16,17). The number of aryl methyl sites for hydroxylation is 1. The zero-order valence-corrected chi connectivity index (χ0v) is 11.1. The van der Waals surface area contributed by atoms with Crippen molar-refractivity contribution in [2.45, 2.75) is 25.4 Å². The number of carbonyl (C=O) groups is 1. The second-order valence-corrected chi connectivity index (χ2v) is 5.15. The van der Waals surface area contributed by atoms with Gasteiger partial charge in [0, 0.05) is 43.9 Å². The molecule has 5 heteroatoms. The van der Waals surface area contributed by atoms with Gasteiger partial charge in [-0.1, -0.05) is 0 Å². The molecule has 0 atom stereocenters. The van der Waals surface area contributed by atoms with E-state index >= 15 is 0 Å². The fraction of sp³-hybridized carbons (Fsp3) is 0.500. The Kier molecular flexibility index (Phi) is 4.07. The Morgan fingerprint density at radius 2 is 2.11 bits per heavy atom. The molecule has 2 rings (SSSR count). The number of aliphatic hydroxyl groups is 1. The highest BCUT2D eigenvalue weighted by atomic mass is 16.5. The van der Waals surface area contributed by atoms with Crippen LogP contribution in [0.2, 0.25) is 0 Å². The third kappa shape index (κ3) is 3.68. The number of amides is 1. The van der Waals surface area contributed by atoms with Crippen LogP contribution in [0.15, 0.2) is 18.2 Å². The topological polar surface area (TPSA) is 84.6 Å². The Labute approximate surface area is 112 Å². The molecule has 0 aliphatic carbocycles. The summed E-state index contributed by atoms with van der Waals surface area (Å²) < 4.78 is 5.20. The van der Waals surface area contributed by atoms with Crippen LogP contribution >= 0.6 is 0 Å². The molecule has 0 unspecified atom stereocenters. The minimum Gasteiger partial charge on any atom is -0.399 e. The number of nitrogens with two attached hydrogens (primary N) is 1. The van der Waals surface area contributed by atoms with Gasteiger partial charge in [0.05, 0.1) is 5.60 Å². The number of anilines is 1. The van der Waals surface area contributed by atoms with Crippen LogP contribution in [-0.4, -0.2) is 36.4 Å². The summed E-state index contributed by atoms with van der Waals surface area (Å²) in [7, 11) is 0. The first kappa shape index (κ1) is 13.8. The monoisotopic (exact) mass is 264 g/mol. The molecular formula is C14H20N2O3. The van der Waals surface area contributed by atoms with Crippen molar-refractivity contribution >= 4 is 11.6 Å². The molecule has 1 aromatic rings. The van der Waals surface area contributed by atoms with Gasteiger partial charge in [-0.3, -0.25) is 4.79 Å². The third-order valence-electron chi connectivity index (χ3n) is 3.36. The molecule has 104 valence electrons. The van der Waals surface area contributed by atoms with Crippen LogP contribution < -0.4 is 11.1 Å². The molecule has 0 aromatic heterocycles. The number of rotatable bonds is 3. The summed E-state index contributed by atoms with van der Waals surface area (Å²) in [5.74, 6) is -0.213. The van der Waals surface area contributed by atoms with Crippen molar-refractivity contribution in [1.82, 2.24) is 5.32 Å². The van der Waals surface area contributed by atoms with Crippen molar-refractivity contribution in [2.24, 2.45) is 0 Å². The van der Waals surface area contributed by atoms with E-state index in [1.54, 1.807) is 12.1 Å². The van der Waals surface area contributed by atoms with Crippen molar-refractivity contribution in [3.8, 4) is 0 Å². The van der Waals surface area contributed by atoms with E-state index in [0.29, 0.717) is 37.3 Å². The van der Waals surface area contributed by atoms with Crippen molar-refractivity contribution in [2.75, 3.05) is 25.5 Å². The molecule has 4 N–H and O–H groups in total. The minimum atomic E-state index is -0.858. The second kappa shape index (κ2) is 5.59. The number of benzene rings is 1. The second-order valence-electron chi connectivity index (χ2n) is 5.15. The Morgan fingerprint density at radius 1 is 1.42 bits per heavy atom. The molecule has 1 aliphatic rings. The van der Waals surface area contributed by atoms with E-state index in [9.17, 15) is 9.90 Å². The Balaban J connectivity index is 1.97. The first-order valence-electron chi connectivity index (χ1n) is 6.44. The van der Waals surface area contributed by atoms with Gasteiger partial charge in [0.2, 0.25) is 0 Å². The van der Waals surface area contributed by atoms with E-state index in [1.165, 1.54) is 0 Å². The number of hydrogen-bond acceptors (Lipinski definition) is 4. The van der Waals surface area contributed by atoms with E-state index < -0.39 is 5.60 Å². The van der Waals surface area contributed by atoms with Gasteiger partial charge in [0.25, 0.3) is 5.91 Å². The molecule has 1 saturated heterocycles. The van der Waals surface area contributed by atoms with Crippen LogP contribution in [0.25, 0.3) is 0 Å². The zero-order valence-electron chi connectivity index (χ0n) is 11.1. The Hall–Kier alpha value is -1.59. The summed E-state index contributed by atoms with van der Waals surface area (Å²) in [4.78, 5) is 12.0. The molecule has 1 heterocycles. The highest BCUT2D eigenvalue weighted by Gasteiger charge is 2.30. The smallest absolute Gasteiger partial charge is 0.251 e. The number of carbonyl (C=O) groups excluding carboxylic acids is 1. The van der Waals surface area contributed by atoms with Crippen molar-refractivity contribution in [3.05, 3.63) is 29.3 Å². The van der Waals surface area contributed by atoms with Crippen molar-refractivity contribution in [1.29, 1.82) is 0 Å². The van der Waals surface area contributed by atoms with Gasteiger partial charge in [-0.15, -0.1) is 0 Å². The number of ether oxygens (including phenoxy) is 1. The maximum Gasteiger partial charge on any atom is 0.251 e. The largest absolute Gasteiger partial charge is 0.399 e. The number of nitrogens with one attached hydrogen (secondary N) is 1. The molecule has 0 saturated carbocycles. The summed E-state index contributed by atoms with van der Waals surface area (Å²) >= 11 is 0. The van der Waals surface area contributed by atoms with Crippen molar-refractivity contribution in [3.63, 3.8) is 0 Å². The predicted molar refractivity (Wildman–Crippen MR) is 72.9 cm³/mol. The van der Waals surface area contributed by atoms with Crippen LogP contribution in [-0.2, 0) is 4.74 Å².